The van der Waals surface area contributed by atoms with Crippen LogP contribution in [0.5, 0.6) is 5.75 Å². The highest BCUT2D eigenvalue weighted by Crippen LogP contribution is 2.39. The number of aliphatic hydroxyl groups is 1. The Kier molecular flexibility index (Phi) is 6.03. The molecule has 1 amide bonds. The summed E-state index contributed by atoms with van der Waals surface area (Å²) >= 11 is 5.90. The Hall–Kier alpha value is -3.12. The maximum Gasteiger partial charge on any atom is 0.308 e. The van der Waals surface area contributed by atoms with Crippen molar-refractivity contribution in [1.29, 1.82) is 0 Å². The second-order valence-corrected chi connectivity index (χ2v) is 7.10. The van der Waals surface area contributed by atoms with Gasteiger partial charge in [-0.15, -0.1) is 0 Å². The van der Waals surface area contributed by atoms with Crippen molar-refractivity contribution >= 4 is 35.0 Å². The molecule has 1 saturated heterocycles. The Morgan fingerprint density at radius 3 is 2.28 bits per heavy atom. The number of benzene rings is 2. The molecule has 2 aromatic rings. The van der Waals surface area contributed by atoms with Crippen molar-refractivity contribution < 1.29 is 24.2 Å². The number of carbonyl (C=O) groups excluding carboxylic acids is 3. The van der Waals surface area contributed by atoms with Crippen molar-refractivity contribution in [3.8, 4) is 5.75 Å². The molecule has 29 heavy (non-hydrogen) atoms. The van der Waals surface area contributed by atoms with Crippen LogP contribution < -0.4 is 4.74 Å². The summed E-state index contributed by atoms with van der Waals surface area (Å²) in [5.74, 6) is -1.74. The molecular weight excluding hydrogens is 394 g/mol. The van der Waals surface area contributed by atoms with E-state index in [2.05, 4.69) is 0 Å². The molecule has 1 fully saturated rings. The molecule has 1 unspecified atom stereocenters. The van der Waals surface area contributed by atoms with Gasteiger partial charge in [0.1, 0.15) is 11.5 Å². The average molecular weight is 414 g/mol. The summed E-state index contributed by atoms with van der Waals surface area (Å²) in [5.41, 5.74) is 1.04. The predicted octanol–water partition coefficient (Wildman–Crippen LogP) is 4.10. The van der Waals surface area contributed by atoms with Gasteiger partial charge in [-0.2, -0.15) is 0 Å². The molecule has 1 aliphatic rings. The van der Waals surface area contributed by atoms with E-state index in [1.54, 1.807) is 48.5 Å². The lowest BCUT2D eigenvalue weighted by Gasteiger charge is -2.25. The topological polar surface area (TPSA) is 83.9 Å². The summed E-state index contributed by atoms with van der Waals surface area (Å²) in [7, 11) is 0. The molecule has 0 radical (unpaired) electrons. The standard InChI is InChI=1S/C22H20ClNO5/c1-3-12-24-19(14-6-10-17(11-7-14)29-13(2)25)18(21(27)22(24)28)20(26)15-4-8-16(23)9-5-15/h4-11,19,26H,3,12H2,1-2H3/b20-18-. The Balaban J connectivity index is 2.10. The molecule has 6 nitrogen and oxygen atoms in total. The first-order valence-corrected chi connectivity index (χ1v) is 9.54. The number of hydrogen-bond acceptors (Lipinski definition) is 5. The fourth-order valence-electron chi connectivity index (χ4n) is 3.35. The highest BCUT2D eigenvalue weighted by molar-refractivity contribution is 6.46. The second-order valence-electron chi connectivity index (χ2n) is 6.66. The smallest absolute Gasteiger partial charge is 0.308 e. The highest BCUT2D eigenvalue weighted by Gasteiger charge is 2.45. The van der Waals surface area contributed by atoms with E-state index in [0.717, 1.165) is 0 Å². The first-order valence-electron chi connectivity index (χ1n) is 9.16. The van der Waals surface area contributed by atoms with Gasteiger partial charge >= 0.3 is 5.97 Å². The van der Waals surface area contributed by atoms with Crippen LogP contribution in [0.25, 0.3) is 5.76 Å². The molecular formula is C22H20ClNO5. The van der Waals surface area contributed by atoms with E-state index in [4.69, 9.17) is 16.3 Å². The van der Waals surface area contributed by atoms with Gasteiger partial charge in [-0.1, -0.05) is 30.7 Å². The Bertz CT molecular complexity index is 979. The van der Waals surface area contributed by atoms with E-state index in [1.807, 2.05) is 6.92 Å². The summed E-state index contributed by atoms with van der Waals surface area (Å²) in [6.07, 6.45) is 0.649. The zero-order valence-electron chi connectivity index (χ0n) is 16.0. The number of esters is 1. The SMILES string of the molecule is CCCN1C(=O)C(=O)/C(=C(\O)c2ccc(Cl)cc2)C1c1ccc(OC(C)=O)cc1. The second kappa shape index (κ2) is 8.49. The lowest BCUT2D eigenvalue weighted by atomic mass is 9.95. The maximum atomic E-state index is 12.8. The third-order valence-corrected chi connectivity index (χ3v) is 4.83. The molecule has 2 aromatic carbocycles. The summed E-state index contributed by atoms with van der Waals surface area (Å²) in [4.78, 5) is 38.0. The zero-order valence-corrected chi connectivity index (χ0v) is 16.8. The van der Waals surface area contributed by atoms with E-state index in [9.17, 15) is 19.5 Å². The quantitative estimate of drug-likeness (QED) is 0.262. The van der Waals surface area contributed by atoms with Crippen LogP contribution in [0.3, 0.4) is 0 Å². The first kappa shape index (κ1) is 20.6. The van der Waals surface area contributed by atoms with Gasteiger partial charge in [0.25, 0.3) is 11.7 Å². The molecule has 0 saturated carbocycles. The molecule has 1 N–H and O–H groups in total. The first-order chi connectivity index (χ1) is 13.8. The summed E-state index contributed by atoms with van der Waals surface area (Å²) in [6, 6.07) is 12.2. The molecule has 1 heterocycles. The van der Waals surface area contributed by atoms with Gasteiger partial charge in [-0.25, -0.2) is 0 Å². The molecule has 0 aromatic heterocycles. The third kappa shape index (κ3) is 4.17. The molecule has 1 aliphatic heterocycles. The number of ketones is 1. The van der Waals surface area contributed by atoms with Crippen LogP contribution in [0.4, 0.5) is 0 Å². The van der Waals surface area contributed by atoms with Crippen molar-refractivity contribution in [3.05, 3.63) is 70.3 Å². The van der Waals surface area contributed by atoms with E-state index >= 15 is 0 Å². The number of carbonyl (C=O) groups is 3. The van der Waals surface area contributed by atoms with Crippen LogP contribution in [0.2, 0.25) is 5.02 Å². The van der Waals surface area contributed by atoms with Crippen molar-refractivity contribution in [2.75, 3.05) is 6.54 Å². The monoisotopic (exact) mass is 413 g/mol. The van der Waals surface area contributed by atoms with Gasteiger partial charge in [-0.3, -0.25) is 14.4 Å². The Morgan fingerprint density at radius 1 is 1.10 bits per heavy atom. The minimum absolute atomic E-state index is 0.0195. The average Bonchev–Trinajstić information content (AvgIpc) is 2.93. The Labute approximate surface area is 173 Å². The normalized spacial score (nSPS) is 18.2. The van der Waals surface area contributed by atoms with Crippen LogP contribution in [0.15, 0.2) is 54.1 Å². The van der Waals surface area contributed by atoms with Gasteiger partial charge in [0.15, 0.2) is 0 Å². The van der Waals surface area contributed by atoms with Crippen molar-refractivity contribution in [2.24, 2.45) is 0 Å². The van der Waals surface area contributed by atoms with Crippen molar-refractivity contribution in [1.82, 2.24) is 4.90 Å². The molecule has 0 aliphatic carbocycles. The van der Waals surface area contributed by atoms with Crippen LogP contribution >= 0.6 is 11.6 Å². The van der Waals surface area contributed by atoms with E-state index in [0.29, 0.717) is 34.9 Å². The van der Waals surface area contributed by atoms with Crippen LogP contribution in [-0.2, 0) is 14.4 Å². The number of likely N-dealkylation sites (tertiary alicyclic amines) is 1. The number of rotatable bonds is 5. The van der Waals surface area contributed by atoms with Crippen LogP contribution in [0, 0.1) is 0 Å². The van der Waals surface area contributed by atoms with Crippen LogP contribution in [0.1, 0.15) is 37.4 Å². The molecule has 1 atom stereocenters. The number of halogens is 1. The fraction of sp³-hybridized carbons (Fsp3) is 0.227. The van der Waals surface area contributed by atoms with Gasteiger partial charge < -0.3 is 14.7 Å². The number of nitrogens with zero attached hydrogens (tertiary/aromatic N) is 1. The fourth-order valence-corrected chi connectivity index (χ4v) is 3.47. The molecule has 150 valence electrons. The number of hydrogen-bond donors (Lipinski definition) is 1. The van der Waals surface area contributed by atoms with Gasteiger partial charge in [0.05, 0.1) is 11.6 Å². The number of ether oxygens (including phenoxy) is 1. The lowest BCUT2D eigenvalue weighted by molar-refractivity contribution is -0.139. The van der Waals surface area contributed by atoms with Gasteiger partial charge in [-0.05, 0) is 48.4 Å². The number of amides is 1. The number of aliphatic hydroxyl groups excluding tert-OH is 1. The van der Waals surface area contributed by atoms with Crippen molar-refractivity contribution in [3.63, 3.8) is 0 Å². The largest absolute Gasteiger partial charge is 0.507 e. The molecule has 0 bridgehead atoms. The Morgan fingerprint density at radius 2 is 1.72 bits per heavy atom. The third-order valence-electron chi connectivity index (χ3n) is 4.58. The van der Waals surface area contributed by atoms with E-state index < -0.39 is 23.7 Å². The zero-order chi connectivity index (χ0) is 21.1. The maximum absolute atomic E-state index is 12.8. The van der Waals surface area contributed by atoms with E-state index in [1.165, 1.54) is 11.8 Å². The minimum atomic E-state index is -0.739. The predicted molar refractivity (Wildman–Crippen MR) is 109 cm³/mol. The minimum Gasteiger partial charge on any atom is -0.507 e. The van der Waals surface area contributed by atoms with E-state index in [-0.39, 0.29) is 11.3 Å². The lowest BCUT2D eigenvalue weighted by Crippen LogP contribution is -2.30. The molecule has 0 spiro atoms. The summed E-state index contributed by atoms with van der Waals surface area (Å²) in [6.45, 7) is 3.56. The summed E-state index contributed by atoms with van der Waals surface area (Å²) < 4.78 is 5.04. The van der Waals surface area contributed by atoms with Gasteiger partial charge in [0, 0.05) is 24.1 Å². The van der Waals surface area contributed by atoms with Crippen molar-refractivity contribution in [2.45, 2.75) is 26.3 Å². The number of Topliss-reactive ketones (excluding diaryl/α,β-unsaturated/α-hetero) is 1. The summed E-state index contributed by atoms with van der Waals surface area (Å²) in [5, 5.41) is 11.3. The van der Waals surface area contributed by atoms with Crippen LogP contribution in [-0.4, -0.2) is 34.2 Å². The molecule has 7 heteroatoms. The van der Waals surface area contributed by atoms with Gasteiger partial charge in [0.2, 0.25) is 0 Å². The highest BCUT2D eigenvalue weighted by atomic mass is 35.5. The molecule has 3 rings (SSSR count).